The summed E-state index contributed by atoms with van der Waals surface area (Å²) in [5.74, 6) is -1.11. The van der Waals surface area contributed by atoms with Crippen LogP contribution in [0.3, 0.4) is 0 Å². The van der Waals surface area contributed by atoms with Crippen LogP contribution in [0.5, 0.6) is 0 Å². The summed E-state index contributed by atoms with van der Waals surface area (Å²) in [5.41, 5.74) is 3.27. The zero-order valence-electron chi connectivity index (χ0n) is 19.9. The third-order valence-corrected chi connectivity index (χ3v) is 8.17. The van der Waals surface area contributed by atoms with Crippen LogP contribution in [-0.2, 0) is 14.8 Å². The molecule has 3 aromatic rings. The van der Waals surface area contributed by atoms with Crippen molar-refractivity contribution >= 4 is 33.8 Å². The van der Waals surface area contributed by atoms with Gasteiger partial charge in [0.1, 0.15) is 11.5 Å². The Morgan fingerprint density at radius 1 is 1.17 bits per heavy atom. The number of carbonyl (C=O) groups excluding carboxylic acids is 1. The molecule has 2 heterocycles. The number of amides is 1. The normalized spacial score (nSPS) is 17.1. The number of hydrogen-bond donors (Lipinski definition) is 1. The lowest BCUT2D eigenvalue weighted by Gasteiger charge is -2.31. The maximum Gasteiger partial charge on any atom is 0.248 e. The molecule has 1 aromatic heterocycles. The van der Waals surface area contributed by atoms with E-state index in [2.05, 4.69) is 10.5 Å². The van der Waals surface area contributed by atoms with Gasteiger partial charge in [0.05, 0.1) is 5.92 Å². The van der Waals surface area contributed by atoms with Crippen LogP contribution in [0, 0.1) is 32.5 Å². The number of halogens is 1. The van der Waals surface area contributed by atoms with Gasteiger partial charge in [-0.3, -0.25) is 4.79 Å². The Labute approximate surface area is 204 Å². The van der Waals surface area contributed by atoms with E-state index in [1.807, 2.05) is 32.0 Å². The number of sulfonamides is 1. The molecule has 0 bridgehead atoms. The third kappa shape index (κ3) is 5.36. The average Bonchev–Trinajstić information content (AvgIpc) is 3.21. The first-order valence-electron chi connectivity index (χ1n) is 11.4. The van der Waals surface area contributed by atoms with Crippen molar-refractivity contribution in [3.63, 3.8) is 0 Å². The number of benzene rings is 2. The second-order valence-electron chi connectivity index (χ2n) is 8.83. The molecular formula is C26H28FN3O4S. The van der Waals surface area contributed by atoms with E-state index in [0.717, 1.165) is 16.8 Å². The molecule has 0 saturated carbocycles. The van der Waals surface area contributed by atoms with Crippen LogP contribution in [-0.4, -0.2) is 36.9 Å². The van der Waals surface area contributed by atoms with E-state index in [9.17, 15) is 17.6 Å². The van der Waals surface area contributed by atoms with E-state index < -0.39 is 21.8 Å². The molecule has 35 heavy (non-hydrogen) atoms. The predicted molar refractivity (Wildman–Crippen MR) is 133 cm³/mol. The molecule has 9 heteroatoms. The zero-order chi connectivity index (χ0) is 25.2. The molecule has 7 nitrogen and oxygen atoms in total. The summed E-state index contributed by atoms with van der Waals surface area (Å²) in [6.07, 6.45) is 3.99. The van der Waals surface area contributed by atoms with Crippen molar-refractivity contribution in [3.05, 3.63) is 76.4 Å². The molecule has 4 rings (SSSR count). The Morgan fingerprint density at radius 3 is 2.69 bits per heavy atom. The summed E-state index contributed by atoms with van der Waals surface area (Å²) >= 11 is 0. The van der Waals surface area contributed by atoms with E-state index in [1.165, 1.54) is 22.5 Å². The van der Waals surface area contributed by atoms with Crippen LogP contribution in [0.25, 0.3) is 12.2 Å². The maximum atomic E-state index is 14.0. The van der Waals surface area contributed by atoms with Gasteiger partial charge in [0, 0.05) is 24.3 Å². The molecule has 2 aromatic carbocycles. The first kappa shape index (κ1) is 24.8. The lowest BCUT2D eigenvalue weighted by molar-refractivity contribution is -0.120. The Kier molecular flexibility index (Phi) is 7.18. The van der Waals surface area contributed by atoms with Gasteiger partial charge in [-0.05, 0) is 63.5 Å². The molecule has 1 atom stereocenters. The molecule has 1 N–H and O–H groups in total. The number of nitrogens with one attached hydrogen (secondary N) is 1. The number of aromatic nitrogens is 1. The zero-order valence-corrected chi connectivity index (χ0v) is 20.7. The van der Waals surface area contributed by atoms with E-state index in [1.54, 1.807) is 25.1 Å². The van der Waals surface area contributed by atoms with Crippen molar-refractivity contribution in [1.82, 2.24) is 9.46 Å². The molecule has 1 aliphatic heterocycles. The monoisotopic (exact) mass is 497 g/mol. The van der Waals surface area contributed by atoms with Gasteiger partial charge >= 0.3 is 0 Å². The van der Waals surface area contributed by atoms with Crippen molar-refractivity contribution in [2.45, 2.75) is 38.5 Å². The summed E-state index contributed by atoms with van der Waals surface area (Å²) in [4.78, 5) is 12.9. The molecule has 1 aliphatic rings. The van der Waals surface area contributed by atoms with Crippen molar-refractivity contribution < 1.29 is 22.1 Å². The highest BCUT2D eigenvalue weighted by molar-refractivity contribution is 7.89. The quantitative estimate of drug-likeness (QED) is 0.520. The Morgan fingerprint density at radius 2 is 1.94 bits per heavy atom. The lowest BCUT2D eigenvalue weighted by Crippen LogP contribution is -2.44. The molecule has 184 valence electrons. The fourth-order valence-electron chi connectivity index (χ4n) is 4.27. The van der Waals surface area contributed by atoms with Gasteiger partial charge in [0.25, 0.3) is 0 Å². The average molecular weight is 498 g/mol. The summed E-state index contributed by atoms with van der Waals surface area (Å²) in [5, 5.41) is 6.78. The highest BCUT2D eigenvalue weighted by Crippen LogP contribution is 2.30. The van der Waals surface area contributed by atoms with Crippen LogP contribution in [0.15, 0.2) is 51.9 Å². The van der Waals surface area contributed by atoms with Crippen molar-refractivity contribution in [3.8, 4) is 0 Å². The standard InChI is InChI=1S/C26H28FN3O4S/c1-17-10-12-23(18(2)15-17)28-26(31)21-8-6-14-30(16-21)35(32,33)25-19(3)29-34-24(25)13-11-20-7-4-5-9-22(20)27/h4-5,7,9-13,15,21H,6,8,14,16H2,1-3H3,(H,28,31). The number of aryl methyl sites for hydroxylation is 3. The highest BCUT2D eigenvalue weighted by atomic mass is 32.2. The SMILES string of the molecule is Cc1ccc(NC(=O)C2CCCN(S(=O)(=O)c3c(C)noc3C=Cc3ccccc3F)C2)c(C)c1. The maximum absolute atomic E-state index is 14.0. The molecule has 0 spiro atoms. The minimum Gasteiger partial charge on any atom is -0.355 e. The molecular weight excluding hydrogens is 469 g/mol. The van der Waals surface area contributed by atoms with Crippen molar-refractivity contribution in [2.75, 3.05) is 18.4 Å². The number of carbonyl (C=O) groups is 1. The topological polar surface area (TPSA) is 92.5 Å². The van der Waals surface area contributed by atoms with E-state index in [-0.39, 0.29) is 35.3 Å². The van der Waals surface area contributed by atoms with Gasteiger partial charge in [0.2, 0.25) is 15.9 Å². The Bertz CT molecular complexity index is 1380. The molecule has 1 saturated heterocycles. The molecule has 0 aliphatic carbocycles. The number of anilines is 1. The minimum atomic E-state index is -4.00. The smallest absolute Gasteiger partial charge is 0.248 e. The van der Waals surface area contributed by atoms with Crippen molar-refractivity contribution in [2.24, 2.45) is 5.92 Å². The van der Waals surface area contributed by atoms with Crippen molar-refractivity contribution in [1.29, 1.82) is 0 Å². The largest absolute Gasteiger partial charge is 0.355 e. The third-order valence-electron chi connectivity index (χ3n) is 6.15. The molecule has 0 radical (unpaired) electrons. The van der Waals surface area contributed by atoms with Gasteiger partial charge in [-0.1, -0.05) is 41.1 Å². The molecule has 1 fully saturated rings. The summed E-state index contributed by atoms with van der Waals surface area (Å²) < 4.78 is 47.7. The van der Waals surface area contributed by atoms with Gasteiger partial charge in [0.15, 0.2) is 10.7 Å². The van der Waals surface area contributed by atoms with E-state index in [0.29, 0.717) is 18.4 Å². The van der Waals surface area contributed by atoms with E-state index >= 15 is 0 Å². The number of piperidine rings is 1. The summed E-state index contributed by atoms with van der Waals surface area (Å²) in [6.45, 7) is 5.79. The Hall–Kier alpha value is -3.30. The number of rotatable bonds is 6. The van der Waals surface area contributed by atoms with Gasteiger partial charge < -0.3 is 9.84 Å². The highest BCUT2D eigenvalue weighted by Gasteiger charge is 2.37. The Balaban J connectivity index is 1.54. The van der Waals surface area contributed by atoms with Crippen LogP contribution < -0.4 is 5.32 Å². The number of hydrogen-bond acceptors (Lipinski definition) is 5. The lowest BCUT2D eigenvalue weighted by atomic mass is 9.98. The van der Waals surface area contributed by atoms with Gasteiger partial charge in [-0.15, -0.1) is 0 Å². The van der Waals surface area contributed by atoms with Crippen LogP contribution in [0.2, 0.25) is 0 Å². The number of nitrogens with zero attached hydrogens (tertiary/aromatic N) is 2. The van der Waals surface area contributed by atoms with Crippen LogP contribution in [0.4, 0.5) is 10.1 Å². The molecule has 1 unspecified atom stereocenters. The fourth-order valence-corrected chi connectivity index (χ4v) is 6.04. The first-order valence-corrected chi connectivity index (χ1v) is 12.9. The van der Waals surface area contributed by atoms with E-state index in [4.69, 9.17) is 4.52 Å². The summed E-state index contributed by atoms with van der Waals surface area (Å²) in [7, 11) is -4.00. The second-order valence-corrected chi connectivity index (χ2v) is 10.7. The second kappa shape index (κ2) is 10.1. The van der Waals surface area contributed by atoms with Gasteiger partial charge in [-0.2, -0.15) is 4.31 Å². The first-order chi connectivity index (χ1) is 16.7. The summed E-state index contributed by atoms with van der Waals surface area (Å²) in [6, 6.07) is 11.9. The van der Waals surface area contributed by atoms with Crippen LogP contribution in [0.1, 0.15) is 41.0 Å². The van der Waals surface area contributed by atoms with Crippen LogP contribution >= 0.6 is 0 Å². The minimum absolute atomic E-state index is 0.0209. The molecule has 1 amide bonds. The predicted octanol–water partition coefficient (Wildman–Crippen LogP) is 4.95. The fraction of sp³-hybridized carbons (Fsp3) is 0.308. The van der Waals surface area contributed by atoms with Gasteiger partial charge in [-0.25, -0.2) is 12.8 Å².